The molecular formula is C23H14BrNO4. The molecule has 0 N–H and O–H groups in total. The lowest BCUT2D eigenvalue weighted by atomic mass is 10.2. The van der Waals surface area contributed by atoms with Crippen LogP contribution in [0.1, 0.15) is 21.5 Å². The van der Waals surface area contributed by atoms with Gasteiger partial charge in [-0.2, -0.15) is 0 Å². The predicted molar refractivity (Wildman–Crippen MR) is 113 cm³/mol. The molecule has 142 valence electrons. The SMILES string of the molecule is O=C1OC(c2ccccc2)=NC1=Cc1ccc(OC(=O)c2ccccc2Br)cc1. The van der Waals surface area contributed by atoms with Gasteiger partial charge in [0.25, 0.3) is 0 Å². The smallest absolute Gasteiger partial charge is 0.363 e. The fourth-order valence-electron chi connectivity index (χ4n) is 2.69. The van der Waals surface area contributed by atoms with E-state index in [-0.39, 0.29) is 11.6 Å². The average Bonchev–Trinajstić information content (AvgIpc) is 3.11. The molecule has 29 heavy (non-hydrogen) atoms. The third-order valence-corrected chi connectivity index (χ3v) is 4.82. The van der Waals surface area contributed by atoms with E-state index in [1.807, 2.05) is 36.4 Å². The summed E-state index contributed by atoms with van der Waals surface area (Å²) in [5.41, 5.74) is 2.12. The summed E-state index contributed by atoms with van der Waals surface area (Å²) in [5, 5.41) is 0. The molecule has 0 spiro atoms. The number of esters is 2. The minimum absolute atomic E-state index is 0.210. The van der Waals surface area contributed by atoms with E-state index >= 15 is 0 Å². The van der Waals surface area contributed by atoms with Crippen LogP contribution in [0.15, 0.2) is 94.0 Å². The van der Waals surface area contributed by atoms with E-state index in [2.05, 4.69) is 20.9 Å². The van der Waals surface area contributed by atoms with Crippen LogP contribution < -0.4 is 4.74 Å². The third-order valence-electron chi connectivity index (χ3n) is 4.13. The first-order chi connectivity index (χ1) is 14.1. The summed E-state index contributed by atoms with van der Waals surface area (Å²) < 4.78 is 11.3. The van der Waals surface area contributed by atoms with Gasteiger partial charge in [0.1, 0.15) is 5.75 Å². The summed E-state index contributed by atoms with van der Waals surface area (Å²) in [4.78, 5) is 28.6. The Bertz CT molecular complexity index is 1140. The largest absolute Gasteiger partial charge is 0.423 e. The highest BCUT2D eigenvalue weighted by Crippen LogP contribution is 2.22. The molecule has 0 saturated carbocycles. The van der Waals surface area contributed by atoms with Gasteiger partial charge in [0.05, 0.1) is 5.56 Å². The lowest BCUT2D eigenvalue weighted by Crippen LogP contribution is -2.09. The molecule has 0 saturated heterocycles. The predicted octanol–water partition coefficient (Wildman–Crippen LogP) is 5.01. The van der Waals surface area contributed by atoms with Crippen molar-refractivity contribution in [2.75, 3.05) is 0 Å². The molecule has 5 nitrogen and oxygen atoms in total. The molecule has 3 aromatic rings. The lowest BCUT2D eigenvalue weighted by molar-refractivity contribution is -0.129. The number of rotatable bonds is 4. The van der Waals surface area contributed by atoms with Crippen molar-refractivity contribution in [3.63, 3.8) is 0 Å². The Morgan fingerprint density at radius 1 is 0.931 bits per heavy atom. The van der Waals surface area contributed by atoms with E-state index < -0.39 is 11.9 Å². The second-order valence-corrected chi connectivity index (χ2v) is 6.99. The second-order valence-electron chi connectivity index (χ2n) is 6.14. The molecule has 1 aliphatic rings. The quantitative estimate of drug-likeness (QED) is 0.320. The third kappa shape index (κ3) is 4.33. The molecule has 0 unspecified atom stereocenters. The van der Waals surface area contributed by atoms with Crippen molar-refractivity contribution in [2.24, 2.45) is 4.99 Å². The van der Waals surface area contributed by atoms with Crippen LogP contribution in [0.3, 0.4) is 0 Å². The van der Waals surface area contributed by atoms with Gasteiger partial charge < -0.3 is 9.47 Å². The minimum Gasteiger partial charge on any atom is -0.423 e. The number of cyclic esters (lactones) is 1. The Balaban J connectivity index is 1.49. The molecule has 6 heteroatoms. The number of halogens is 1. The molecular weight excluding hydrogens is 434 g/mol. The molecule has 0 aliphatic carbocycles. The molecule has 0 aromatic heterocycles. The number of hydrogen-bond donors (Lipinski definition) is 0. The maximum atomic E-state index is 12.3. The van der Waals surface area contributed by atoms with Crippen LogP contribution in [0.2, 0.25) is 0 Å². The number of benzene rings is 3. The molecule has 1 heterocycles. The maximum Gasteiger partial charge on any atom is 0.363 e. The summed E-state index contributed by atoms with van der Waals surface area (Å²) in [7, 11) is 0. The fraction of sp³-hybridized carbons (Fsp3) is 0. The summed E-state index contributed by atoms with van der Waals surface area (Å²) in [6.45, 7) is 0. The molecule has 3 aromatic carbocycles. The number of aliphatic imine (C=N–C) groups is 1. The van der Waals surface area contributed by atoms with Crippen LogP contribution in [-0.2, 0) is 9.53 Å². The van der Waals surface area contributed by atoms with Crippen molar-refractivity contribution >= 4 is 39.8 Å². The molecule has 0 atom stereocenters. The standard InChI is InChI=1S/C23H14BrNO4/c24-19-9-5-4-8-18(19)22(26)28-17-12-10-15(11-13-17)14-20-23(27)29-21(25-20)16-6-2-1-3-7-16/h1-14H. The second kappa shape index (κ2) is 8.24. The van der Waals surface area contributed by atoms with Gasteiger partial charge in [-0.15, -0.1) is 0 Å². The molecule has 1 aliphatic heterocycles. The minimum atomic E-state index is -0.506. The molecule has 0 radical (unpaired) electrons. The summed E-state index contributed by atoms with van der Waals surface area (Å²) in [6.07, 6.45) is 1.62. The number of carbonyl (C=O) groups is 2. The van der Waals surface area contributed by atoms with E-state index in [9.17, 15) is 9.59 Å². The van der Waals surface area contributed by atoms with Crippen LogP contribution in [0.4, 0.5) is 0 Å². The number of hydrogen-bond acceptors (Lipinski definition) is 5. The highest BCUT2D eigenvalue weighted by atomic mass is 79.9. The van der Waals surface area contributed by atoms with E-state index in [1.165, 1.54) is 0 Å². The van der Waals surface area contributed by atoms with Crippen molar-refractivity contribution in [1.29, 1.82) is 0 Å². The lowest BCUT2D eigenvalue weighted by Gasteiger charge is -2.06. The van der Waals surface area contributed by atoms with Crippen molar-refractivity contribution in [3.05, 3.63) is 106 Å². The van der Waals surface area contributed by atoms with Crippen molar-refractivity contribution in [3.8, 4) is 5.75 Å². The Labute approximate surface area is 175 Å². The van der Waals surface area contributed by atoms with Gasteiger partial charge in [0.15, 0.2) is 5.70 Å². The van der Waals surface area contributed by atoms with Crippen LogP contribution >= 0.6 is 15.9 Å². The summed E-state index contributed by atoms with van der Waals surface area (Å²) >= 11 is 3.33. The van der Waals surface area contributed by atoms with Crippen LogP contribution in [-0.4, -0.2) is 17.8 Å². The monoisotopic (exact) mass is 447 g/mol. The fourth-order valence-corrected chi connectivity index (χ4v) is 3.14. The van der Waals surface area contributed by atoms with Gasteiger partial charge in [-0.25, -0.2) is 14.6 Å². The van der Waals surface area contributed by atoms with Gasteiger partial charge in [0.2, 0.25) is 5.90 Å². The number of carbonyl (C=O) groups excluding carboxylic acids is 2. The Morgan fingerprint density at radius 2 is 1.62 bits per heavy atom. The Hall–Kier alpha value is -3.51. The highest BCUT2D eigenvalue weighted by molar-refractivity contribution is 9.10. The zero-order valence-electron chi connectivity index (χ0n) is 15.0. The number of nitrogens with zero attached hydrogens (tertiary/aromatic N) is 1. The van der Waals surface area contributed by atoms with E-state index in [4.69, 9.17) is 9.47 Å². The van der Waals surface area contributed by atoms with Crippen molar-refractivity contribution < 1.29 is 19.1 Å². The van der Waals surface area contributed by atoms with E-state index in [0.717, 1.165) is 11.1 Å². The van der Waals surface area contributed by atoms with E-state index in [1.54, 1.807) is 48.5 Å². The van der Waals surface area contributed by atoms with Crippen LogP contribution in [0, 0.1) is 0 Å². The first kappa shape index (κ1) is 18.8. The Kier molecular flexibility index (Phi) is 5.35. The number of ether oxygens (including phenoxy) is 2. The zero-order valence-corrected chi connectivity index (χ0v) is 16.6. The van der Waals surface area contributed by atoms with E-state index in [0.29, 0.717) is 15.8 Å². The first-order valence-electron chi connectivity index (χ1n) is 8.75. The van der Waals surface area contributed by atoms with Gasteiger partial charge >= 0.3 is 11.9 Å². The van der Waals surface area contributed by atoms with Gasteiger partial charge in [0, 0.05) is 10.0 Å². The molecule has 4 rings (SSSR count). The normalized spacial score (nSPS) is 14.4. The first-order valence-corrected chi connectivity index (χ1v) is 9.54. The van der Waals surface area contributed by atoms with Gasteiger partial charge in [-0.3, -0.25) is 0 Å². The van der Waals surface area contributed by atoms with Crippen molar-refractivity contribution in [2.45, 2.75) is 0 Å². The zero-order chi connectivity index (χ0) is 20.2. The highest BCUT2D eigenvalue weighted by Gasteiger charge is 2.23. The molecule has 0 bridgehead atoms. The summed E-state index contributed by atoms with van der Waals surface area (Å²) in [6, 6.07) is 23.0. The average molecular weight is 448 g/mol. The topological polar surface area (TPSA) is 65.0 Å². The van der Waals surface area contributed by atoms with Gasteiger partial charge in [-0.05, 0) is 64.0 Å². The van der Waals surface area contributed by atoms with Gasteiger partial charge in [-0.1, -0.05) is 42.5 Å². The maximum absolute atomic E-state index is 12.3. The molecule has 0 fully saturated rings. The summed E-state index contributed by atoms with van der Waals surface area (Å²) in [5.74, 6) is -0.287. The van der Waals surface area contributed by atoms with Crippen LogP contribution in [0.25, 0.3) is 6.08 Å². The van der Waals surface area contributed by atoms with Crippen LogP contribution in [0.5, 0.6) is 5.75 Å². The molecule has 0 amide bonds. The Morgan fingerprint density at radius 3 is 2.34 bits per heavy atom. The van der Waals surface area contributed by atoms with Crippen molar-refractivity contribution in [1.82, 2.24) is 0 Å².